The Kier molecular flexibility index (Phi) is 8.52. The molecule has 34 heavy (non-hydrogen) atoms. The maximum Gasteiger partial charge on any atom is 0.240 e. The summed E-state index contributed by atoms with van der Waals surface area (Å²) >= 11 is 0. The number of nitrogens with one attached hydrogen (secondary N) is 2. The van der Waals surface area contributed by atoms with Crippen molar-refractivity contribution in [2.24, 2.45) is 5.92 Å². The Morgan fingerprint density at radius 2 is 1.79 bits per heavy atom. The Balaban J connectivity index is 1.79. The number of hydrogen-bond donors (Lipinski definition) is 2. The minimum Gasteiger partial charge on any atom is -0.342 e. The molecule has 0 radical (unpaired) electrons. The number of aromatic nitrogens is 1. The molecule has 3 aromatic rings. The van der Waals surface area contributed by atoms with E-state index >= 15 is 0 Å². The van der Waals surface area contributed by atoms with E-state index in [1.54, 1.807) is 48.7 Å². The molecule has 0 aliphatic rings. The summed E-state index contributed by atoms with van der Waals surface area (Å²) in [7, 11) is -3.68. The molecule has 2 aromatic carbocycles. The standard InChI is InChI=1S/C26H28N4O3S/c1-19(2)16-25(26(31)29-15-13-27)22-7-5-6-21(17-22)20-9-11-24(12-10-20)34(32,33)30-18-23-8-3-4-14-28-23/h3-12,14,17,19,25,30H,15-16,18H2,1-2H3,(H,29,31). The number of hydrogen-bond acceptors (Lipinski definition) is 5. The van der Waals surface area contributed by atoms with Gasteiger partial charge in [-0.05, 0) is 53.3 Å². The zero-order chi connectivity index (χ0) is 24.6. The number of carbonyl (C=O) groups is 1. The van der Waals surface area contributed by atoms with Crippen LogP contribution in [0.3, 0.4) is 0 Å². The van der Waals surface area contributed by atoms with Gasteiger partial charge in [0.15, 0.2) is 0 Å². The van der Waals surface area contributed by atoms with Gasteiger partial charge in [-0.2, -0.15) is 5.26 Å². The third-order valence-electron chi connectivity index (χ3n) is 5.32. The van der Waals surface area contributed by atoms with Crippen LogP contribution in [0.1, 0.15) is 37.4 Å². The molecule has 1 unspecified atom stereocenters. The van der Waals surface area contributed by atoms with Crippen LogP contribution in [-0.4, -0.2) is 25.9 Å². The highest BCUT2D eigenvalue weighted by Gasteiger charge is 2.22. The van der Waals surface area contributed by atoms with E-state index < -0.39 is 10.0 Å². The third-order valence-corrected chi connectivity index (χ3v) is 6.74. The summed E-state index contributed by atoms with van der Waals surface area (Å²) in [5.74, 6) is -0.249. The molecular formula is C26H28N4O3S. The molecule has 0 bridgehead atoms. The predicted molar refractivity (Wildman–Crippen MR) is 131 cm³/mol. The monoisotopic (exact) mass is 476 g/mol. The zero-order valence-electron chi connectivity index (χ0n) is 19.2. The lowest BCUT2D eigenvalue weighted by Gasteiger charge is -2.19. The molecule has 3 rings (SSSR count). The summed E-state index contributed by atoms with van der Waals surface area (Å²) < 4.78 is 27.9. The van der Waals surface area contributed by atoms with Gasteiger partial charge < -0.3 is 5.32 Å². The first kappa shape index (κ1) is 25.1. The van der Waals surface area contributed by atoms with Crippen LogP contribution in [0.2, 0.25) is 0 Å². The summed E-state index contributed by atoms with van der Waals surface area (Å²) in [6.45, 7) is 4.18. The first-order valence-electron chi connectivity index (χ1n) is 11.0. The van der Waals surface area contributed by atoms with Crippen molar-refractivity contribution in [2.75, 3.05) is 6.54 Å². The number of nitrogens with zero attached hydrogens (tertiary/aromatic N) is 2. The van der Waals surface area contributed by atoms with E-state index in [-0.39, 0.29) is 29.8 Å². The second-order valence-corrected chi connectivity index (χ2v) is 10.1. The van der Waals surface area contributed by atoms with Gasteiger partial charge in [0.2, 0.25) is 15.9 Å². The molecule has 7 nitrogen and oxygen atoms in total. The van der Waals surface area contributed by atoms with Crippen molar-refractivity contribution in [3.8, 4) is 17.2 Å². The normalized spacial score (nSPS) is 12.2. The number of sulfonamides is 1. The van der Waals surface area contributed by atoms with Crippen molar-refractivity contribution in [3.05, 3.63) is 84.2 Å². The van der Waals surface area contributed by atoms with Gasteiger partial charge in [-0.1, -0.05) is 56.3 Å². The number of rotatable bonds is 10. The minimum absolute atomic E-state index is 0.0303. The van der Waals surface area contributed by atoms with E-state index in [0.29, 0.717) is 18.0 Å². The number of benzene rings is 2. The fourth-order valence-corrected chi connectivity index (χ4v) is 4.63. The van der Waals surface area contributed by atoms with Gasteiger partial charge in [-0.15, -0.1) is 0 Å². The second-order valence-electron chi connectivity index (χ2n) is 8.35. The summed E-state index contributed by atoms with van der Waals surface area (Å²) in [5, 5.41) is 11.5. The average molecular weight is 477 g/mol. The molecule has 1 atom stereocenters. The van der Waals surface area contributed by atoms with Crippen LogP contribution in [0.4, 0.5) is 0 Å². The molecule has 0 aliphatic carbocycles. The number of amides is 1. The molecule has 8 heteroatoms. The molecule has 0 aliphatic heterocycles. The van der Waals surface area contributed by atoms with E-state index in [9.17, 15) is 13.2 Å². The summed E-state index contributed by atoms with van der Waals surface area (Å²) in [6, 6.07) is 21.6. The Morgan fingerprint density at radius 1 is 1.03 bits per heavy atom. The van der Waals surface area contributed by atoms with Crippen LogP contribution in [0.15, 0.2) is 77.8 Å². The van der Waals surface area contributed by atoms with Crippen LogP contribution in [0.5, 0.6) is 0 Å². The van der Waals surface area contributed by atoms with Gasteiger partial charge in [0.25, 0.3) is 0 Å². The van der Waals surface area contributed by atoms with Crippen LogP contribution in [0.25, 0.3) is 11.1 Å². The predicted octanol–water partition coefficient (Wildman–Crippen LogP) is 4.00. The highest BCUT2D eigenvalue weighted by molar-refractivity contribution is 7.89. The lowest BCUT2D eigenvalue weighted by molar-refractivity contribution is -0.122. The van der Waals surface area contributed by atoms with Crippen molar-refractivity contribution >= 4 is 15.9 Å². The molecular weight excluding hydrogens is 448 g/mol. The summed E-state index contributed by atoms with van der Waals surface area (Å²) in [6.07, 6.45) is 2.27. The summed E-state index contributed by atoms with van der Waals surface area (Å²) in [4.78, 5) is 17.0. The van der Waals surface area contributed by atoms with E-state index in [1.165, 1.54) is 0 Å². The molecule has 0 fully saturated rings. The largest absolute Gasteiger partial charge is 0.342 e. The van der Waals surface area contributed by atoms with Gasteiger partial charge in [0.05, 0.1) is 29.1 Å². The SMILES string of the molecule is CC(C)CC(C(=O)NCC#N)c1cccc(-c2ccc(S(=O)(=O)NCc3ccccn3)cc2)c1. The zero-order valence-corrected chi connectivity index (χ0v) is 20.0. The minimum atomic E-state index is -3.68. The van der Waals surface area contributed by atoms with Crippen LogP contribution in [0, 0.1) is 17.2 Å². The van der Waals surface area contributed by atoms with Gasteiger partial charge in [-0.3, -0.25) is 9.78 Å². The Bertz CT molecular complexity index is 1250. The Morgan fingerprint density at radius 3 is 2.44 bits per heavy atom. The fraction of sp³-hybridized carbons (Fsp3) is 0.269. The molecule has 1 aromatic heterocycles. The number of nitriles is 1. The Hall–Kier alpha value is -3.54. The lowest BCUT2D eigenvalue weighted by atomic mass is 9.88. The smallest absolute Gasteiger partial charge is 0.240 e. The van der Waals surface area contributed by atoms with Crippen molar-refractivity contribution in [3.63, 3.8) is 0 Å². The van der Waals surface area contributed by atoms with Crippen LogP contribution >= 0.6 is 0 Å². The van der Waals surface area contributed by atoms with Gasteiger partial charge in [-0.25, -0.2) is 13.1 Å². The lowest BCUT2D eigenvalue weighted by Crippen LogP contribution is -2.30. The van der Waals surface area contributed by atoms with E-state index in [1.807, 2.05) is 30.3 Å². The summed E-state index contributed by atoms with van der Waals surface area (Å²) in [5.41, 5.74) is 3.21. The van der Waals surface area contributed by atoms with Crippen molar-refractivity contribution in [1.29, 1.82) is 5.26 Å². The molecule has 0 saturated carbocycles. The van der Waals surface area contributed by atoms with Gasteiger partial charge >= 0.3 is 0 Å². The van der Waals surface area contributed by atoms with Crippen molar-refractivity contribution < 1.29 is 13.2 Å². The van der Waals surface area contributed by atoms with Crippen LogP contribution < -0.4 is 10.0 Å². The maximum atomic E-state index is 12.7. The quantitative estimate of drug-likeness (QED) is 0.430. The second kappa shape index (κ2) is 11.5. The molecule has 0 spiro atoms. The van der Waals surface area contributed by atoms with E-state index in [0.717, 1.165) is 16.7 Å². The first-order valence-corrected chi connectivity index (χ1v) is 12.5. The maximum absolute atomic E-state index is 12.7. The molecule has 1 amide bonds. The van der Waals surface area contributed by atoms with Crippen molar-refractivity contribution in [1.82, 2.24) is 15.0 Å². The fourth-order valence-electron chi connectivity index (χ4n) is 3.63. The van der Waals surface area contributed by atoms with E-state index in [4.69, 9.17) is 5.26 Å². The van der Waals surface area contributed by atoms with E-state index in [2.05, 4.69) is 28.9 Å². The first-order chi connectivity index (χ1) is 16.3. The van der Waals surface area contributed by atoms with Gasteiger partial charge in [0.1, 0.15) is 6.54 Å². The average Bonchev–Trinajstić information content (AvgIpc) is 2.85. The highest BCUT2D eigenvalue weighted by atomic mass is 32.2. The highest BCUT2D eigenvalue weighted by Crippen LogP contribution is 2.29. The third kappa shape index (κ3) is 6.73. The van der Waals surface area contributed by atoms with Crippen LogP contribution in [-0.2, 0) is 21.4 Å². The number of pyridine rings is 1. The number of carbonyl (C=O) groups excluding carboxylic acids is 1. The van der Waals surface area contributed by atoms with Crippen molar-refractivity contribution in [2.45, 2.75) is 37.6 Å². The molecule has 0 saturated heterocycles. The molecule has 2 N–H and O–H groups in total. The topological polar surface area (TPSA) is 112 Å². The Labute approximate surface area is 200 Å². The molecule has 1 heterocycles. The van der Waals surface area contributed by atoms with Gasteiger partial charge in [0, 0.05) is 6.20 Å². The molecule has 176 valence electrons.